The molecule has 1 heterocycles. The summed E-state index contributed by atoms with van der Waals surface area (Å²) in [4.78, 5) is 30.1. The van der Waals surface area contributed by atoms with Gasteiger partial charge in [0, 0.05) is 5.56 Å². The number of hydrogen-bond donors (Lipinski definition) is 2. The summed E-state index contributed by atoms with van der Waals surface area (Å²) in [5.74, 6) is -0.570. The lowest BCUT2D eigenvalue weighted by atomic mass is 10.0. The molecule has 0 aliphatic carbocycles. The minimum Gasteiger partial charge on any atom is -0.340 e. The molecule has 2 amide bonds. The molecular formula is C22H25N3O2S. The first kappa shape index (κ1) is 20.0. The summed E-state index contributed by atoms with van der Waals surface area (Å²) in [7, 11) is 0. The number of nitrogens with one attached hydrogen (secondary N) is 2. The standard InChI is InChI=1S/C22H25N3O2S/c1-12(2)18(23-20(26)16-9-7-6-8-14(16)4)21(27)25-22-24-19-15(5)10-13(3)11-17(19)28-22/h6-12,18H,1-5H3,(H,23,26)(H,24,25,27)/t18-/m0/s1. The normalized spacial score (nSPS) is 12.2. The van der Waals surface area contributed by atoms with Gasteiger partial charge in [0.1, 0.15) is 6.04 Å². The Labute approximate surface area is 169 Å². The van der Waals surface area contributed by atoms with Gasteiger partial charge in [-0.2, -0.15) is 0 Å². The molecule has 3 aromatic rings. The summed E-state index contributed by atoms with van der Waals surface area (Å²) >= 11 is 1.45. The Bertz CT molecular complexity index is 1040. The molecule has 0 fully saturated rings. The van der Waals surface area contributed by atoms with Crippen molar-refractivity contribution in [2.24, 2.45) is 5.92 Å². The molecule has 0 aliphatic heterocycles. The Balaban J connectivity index is 1.79. The van der Waals surface area contributed by atoms with Crippen molar-refractivity contribution in [2.75, 3.05) is 5.32 Å². The van der Waals surface area contributed by atoms with Crippen LogP contribution in [0.15, 0.2) is 36.4 Å². The van der Waals surface area contributed by atoms with Gasteiger partial charge in [0.25, 0.3) is 5.91 Å². The third-order valence-electron chi connectivity index (χ3n) is 4.69. The van der Waals surface area contributed by atoms with E-state index in [1.165, 1.54) is 11.3 Å². The predicted octanol–water partition coefficient (Wildman–Crippen LogP) is 4.61. The number of carbonyl (C=O) groups is 2. The van der Waals surface area contributed by atoms with Gasteiger partial charge < -0.3 is 10.6 Å². The van der Waals surface area contributed by atoms with Crippen LogP contribution in [0.4, 0.5) is 5.13 Å². The van der Waals surface area contributed by atoms with Crippen molar-refractivity contribution in [3.8, 4) is 0 Å². The van der Waals surface area contributed by atoms with E-state index in [-0.39, 0.29) is 17.7 Å². The maximum absolute atomic E-state index is 12.9. The monoisotopic (exact) mass is 395 g/mol. The van der Waals surface area contributed by atoms with Crippen LogP contribution in [0.2, 0.25) is 0 Å². The molecule has 0 bridgehead atoms. The average Bonchev–Trinajstić information content (AvgIpc) is 3.02. The fourth-order valence-electron chi connectivity index (χ4n) is 3.19. The van der Waals surface area contributed by atoms with Gasteiger partial charge in [-0.3, -0.25) is 9.59 Å². The highest BCUT2D eigenvalue weighted by molar-refractivity contribution is 7.22. The molecule has 3 rings (SSSR count). The zero-order valence-corrected chi connectivity index (χ0v) is 17.6. The first-order valence-electron chi connectivity index (χ1n) is 9.31. The maximum Gasteiger partial charge on any atom is 0.252 e. The number of hydrogen-bond acceptors (Lipinski definition) is 4. The van der Waals surface area contributed by atoms with Crippen LogP contribution in [0.3, 0.4) is 0 Å². The smallest absolute Gasteiger partial charge is 0.252 e. The van der Waals surface area contributed by atoms with Crippen molar-refractivity contribution in [1.82, 2.24) is 10.3 Å². The van der Waals surface area contributed by atoms with Gasteiger partial charge in [0.2, 0.25) is 5.91 Å². The number of carbonyl (C=O) groups excluding carboxylic acids is 2. The molecule has 2 N–H and O–H groups in total. The number of anilines is 1. The van der Waals surface area contributed by atoms with E-state index >= 15 is 0 Å². The molecule has 0 spiro atoms. The molecule has 0 radical (unpaired) electrons. The summed E-state index contributed by atoms with van der Waals surface area (Å²) < 4.78 is 1.04. The van der Waals surface area contributed by atoms with Crippen LogP contribution in [0, 0.1) is 26.7 Å². The van der Waals surface area contributed by atoms with Gasteiger partial charge in [-0.05, 0) is 55.5 Å². The lowest BCUT2D eigenvalue weighted by Crippen LogP contribution is -2.47. The average molecular weight is 396 g/mol. The number of amides is 2. The molecule has 146 valence electrons. The highest BCUT2D eigenvalue weighted by Gasteiger charge is 2.26. The Morgan fingerprint density at radius 1 is 1.04 bits per heavy atom. The zero-order chi connectivity index (χ0) is 20.4. The highest BCUT2D eigenvalue weighted by Crippen LogP contribution is 2.29. The minimum absolute atomic E-state index is 0.0636. The van der Waals surface area contributed by atoms with Crippen molar-refractivity contribution in [1.29, 1.82) is 0 Å². The molecule has 1 atom stereocenters. The van der Waals surface area contributed by atoms with Crippen LogP contribution in [-0.4, -0.2) is 22.8 Å². The topological polar surface area (TPSA) is 71.1 Å². The van der Waals surface area contributed by atoms with Crippen LogP contribution in [0.1, 0.15) is 40.9 Å². The van der Waals surface area contributed by atoms with E-state index in [1.807, 2.05) is 52.8 Å². The van der Waals surface area contributed by atoms with E-state index < -0.39 is 6.04 Å². The van der Waals surface area contributed by atoms with Crippen molar-refractivity contribution in [2.45, 2.75) is 40.7 Å². The van der Waals surface area contributed by atoms with E-state index in [0.29, 0.717) is 10.7 Å². The summed E-state index contributed by atoms with van der Waals surface area (Å²) in [5, 5.41) is 6.30. The Morgan fingerprint density at radius 2 is 1.75 bits per heavy atom. The van der Waals surface area contributed by atoms with Crippen LogP contribution in [0.25, 0.3) is 10.2 Å². The van der Waals surface area contributed by atoms with Crippen LogP contribution in [0.5, 0.6) is 0 Å². The zero-order valence-electron chi connectivity index (χ0n) is 16.8. The summed E-state index contributed by atoms with van der Waals surface area (Å²) in [6, 6.07) is 10.8. The van der Waals surface area contributed by atoms with Gasteiger partial charge >= 0.3 is 0 Å². The molecular weight excluding hydrogens is 370 g/mol. The number of rotatable bonds is 5. The van der Waals surface area contributed by atoms with Crippen LogP contribution in [-0.2, 0) is 4.79 Å². The first-order valence-corrected chi connectivity index (χ1v) is 10.1. The second-order valence-corrected chi connectivity index (χ2v) is 8.48. The van der Waals surface area contributed by atoms with E-state index in [4.69, 9.17) is 0 Å². The molecule has 0 aliphatic rings. The molecule has 28 heavy (non-hydrogen) atoms. The van der Waals surface area contributed by atoms with Crippen molar-refractivity contribution in [3.05, 3.63) is 58.7 Å². The van der Waals surface area contributed by atoms with Gasteiger partial charge in [0.15, 0.2) is 5.13 Å². The third-order valence-corrected chi connectivity index (χ3v) is 5.60. The van der Waals surface area contributed by atoms with E-state index in [2.05, 4.69) is 27.8 Å². The number of aromatic nitrogens is 1. The van der Waals surface area contributed by atoms with Gasteiger partial charge in [-0.25, -0.2) is 4.98 Å². The molecule has 6 heteroatoms. The fraction of sp³-hybridized carbons (Fsp3) is 0.318. The number of benzene rings is 2. The number of nitrogens with zero attached hydrogens (tertiary/aromatic N) is 1. The fourth-order valence-corrected chi connectivity index (χ4v) is 4.23. The Hall–Kier alpha value is -2.73. The van der Waals surface area contributed by atoms with Crippen molar-refractivity contribution < 1.29 is 9.59 Å². The Morgan fingerprint density at radius 3 is 2.43 bits per heavy atom. The minimum atomic E-state index is -0.651. The molecule has 5 nitrogen and oxygen atoms in total. The van der Waals surface area contributed by atoms with Gasteiger partial charge in [-0.1, -0.05) is 49.4 Å². The molecule has 0 saturated carbocycles. The summed E-state index contributed by atoms with van der Waals surface area (Å²) in [6.45, 7) is 9.76. The molecule has 0 saturated heterocycles. The molecule has 0 unspecified atom stereocenters. The second kappa shape index (κ2) is 8.10. The van der Waals surface area contributed by atoms with Crippen molar-refractivity contribution in [3.63, 3.8) is 0 Å². The molecule has 1 aromatic heterocycles. The quantitative estimate of drug-likeness (QED) is 0.662. The number of aryl methyl sites for hydroxylation is 3. The predicted molar refractivity (Wildman–Crippen MR) is 115 cm³/mol. The molecule has 2 aromatic carbocycles. The number of fused-ring (bicyclic) bond motifs is 1. The SMILES string of the molecule is Cc1cc(C)c2nc(NC(=O)[C@@H](NC(=O)c3ccccc3C)C(C)C)sc2c1. The summed E-state index contributed by atoms with van der Waals surface area (Å²) in [5.41, 5.74) is 4.60. The highest BCUT2D eigenvalue weighted by atomic mass is 32.1. The lowest BCUT2D eigenvalue weighted by Gasteiger charge is -2.21. The first-order chi connectivity index (χ1) is 13.3. The van der Waals surface area contributed by atoms with Gasteiger partial charge in [-0.15, -0.1) is 0 Å². The van der Waals surface area contributed by atoms with Gasteiger partial charge in [0.05, 0.1) is 10.2 Å². The Kier molecular flexibility index (Phi) is 5.79. The van der Waals surface area contributed by atoms with Crippen LogP contribution >= 0.6 is 11.3 Å². The maximum atomic E-state index is 12.9. The van der Waals surface area contributed by atoms with E-state index in [0.717, 1.165) is 26.9 Å². The second-order valence-electron chi connectivity index (χ2n) is 7.45. The largest absolute Gasteiger partial charge is 0.340 e. The summed E-state index contributed by atoms with van der Waals surface area (Å²) in [6.07, 6.45) is 0. The van der Waals surface area contributed by atoms with Crippen LogP contribution < -0.4 is 10.6 Å². The van der Waals surface area contributed by atoms with E-state index in [9.17, 15) is 9.59 Å². The van der Waals surface area contributed by atoms with E-state index in [1.54, 1.807) is 6.07 Å². The number of thiazole rings is 1. The lowest BCUT2D eigenvalue weighted by molar-refractivity contribution is -0.118. The third kappa shape index (κ3) is 4.22. The van der Waals surface area contributed by atoms with Crippen molar-refractivity contribution >= 4 is 38.5 Å².